The van der Waals surface area contributed by atoms with Crippen LogP contribution in [0.4, 0.5) is 5.69 Å². The molecule has 0 bridgehead atoms. The molecule has 0 N–H and O–H groups in total. The zero-order valence-electron chi connectivity index (χ0n) is 11.9. The van der Waals surface area contributed by atoms with Gasteiger partial charge in [-0.05, 0) is 73.4 Å². The Balaban J connectivity index is 1.71. The van der Waals surface area contributed by atoms with Crippen LogP contribution >= 0.6 is 15.9 Å². The van der Waals surface area contributed by atoms with Crippen molar-refractivity contribution in [1.29, 1.82) is 0 Å². The number of halogens is 1. The van der Waals surface area contributed by atoms with Crippen molar-refractivity contribution >= 4 is 27.4 Å². The van der Waals surface area contributed by atoms with Gasteiger partial charge in [-0.2, -0.15) is 0 Å². The van der Waals surface area contributed by atoms with Crippen LogP contribution in [0.25, 0.3) is 0 Å². The fourth-order valence-electron chi connectivity index (χ4n) is 3.37. The molecule has 0 aromatic heterocycles. The van der Waals surface area contributed by atoms with Gasteiger partial charge in [-0.3, -0.25) is 9.69 Å². The van der Waals surface area contributed by atoms with E-state index in [-0.39, 0.29) is 5.78 Å². The highest BCUT2D eigenvalue weighted by Crippen LogP contribution is 2.29. The van der Waals surface area contributed by atoms with Gasteiger partial charge in [0.05, 0.1) is 0 Å². The van der Waals surface area contributed by atoms with Crippen LogP contribution in [0.1, 0.15) is 36.5 Å². The van der Waals surface area contributed by atoms with Gasteiger partial charge in [0, 0.05) is 34.9 Å². The van der Waals surface area contributed by atoms with Gasteiger partial charge in [0.15, 0.2) is 5.78 Å². The summed E-state index contributed by atoms with van der Waals surface area (Å²) in [6, 6.07) is 6.81. The summed E-state index contributed by atoms with van der Waals surface area (Å²) in [6.45, 7) is 6.38. The van der Waals surface area contributed by atoms with Crippen LogP contribution in [0.5, 0.6) is 0 Å². The lowest BCUT2D eigenvalue weighted by Gasteiger charge is -2.24. The van der Waals surface area contributed by atoms with E-state index in [0.29, 0.717) is 6.04 Å². The lowest BCUT2D eigenvalue weighted by atomic mass is 10.1. The Hall–Kier alpha value is -0.870. The van der Waals surface area contributed by atoms with Gasteiger partial charge >= 0.3 is 0 Å². The second-order valence-corrected chi connectivity index (χ2v) is 6.71. The molecule has 108 valence electrons. The third-order valence-corrected chi connectivity index (χ3v) is 5.17. The normalized spacial score (nSPS) is 23.5. The average Bonchev–Trinajstić information content (AvgIpc) is 3.09. The van der Waals surface area contributed by atoms with E-state index in [9.17, 15) is 4.79 Å². The molecule has 1 unspecified atom stereocenters. The second-order valence-electron chi connectivity index (χ2n) is 5.85. The number of carbonyl (C=O) groups is 1. The standard InChI is InChI=1S/C16H21BrN2O/c1-12(20)15-5-4-13(10-16(15)17)19-9-6-14(11-19)18-7-2-3-8-18/h4-5,10,14H,2-3,6-9,11H2,1H3. The van der Waals surface area contributed by atoms with Crippen LogP contribution in [0.3, 0.4) is 0 Å². The number of hydrogen-bond acceptors (Lipinski definition) is 3. The van der Waals surface area contributed by atoms with Gasteiger partial charge < -0.3 is 4.90 Å². The van der Waals surface area contributed by atoms with Crippen LogP contribution < -0.4 is 4.90 Å². The van der Waals surface area contributed by atoms with Crippen molar-refractivity contribution in [2.75, 3.05) is 31.1 Å². The van der Waals surface area contributed by atoms with Gasteiger partial charge in [0.2, 0.25) is 0 Å². The summed E-state index contributed by atoms with van der Waals surface area (Å²) < 4.78 is 0.909. The lowest BCUT2D eigenvalue weighted by molar-refractivity contribution is 0.101. The molecule has 2 fully saturated rings. The van der Waals surface area contributed by atoms with E-state index >= 15 is 0 Å². The van der Waals surface area contributed by atoms with Crippen molar-refractivity contribution in [3.63, 3.8) is 0 Å². The molecule has 4 heteroatoms. The van der Waals surface area contributed by atoms with Gasteiger partial charge in [-0.1, -0.05) is 0 Å². The predicted molar refractivity (Wildman–Crippen MR) is 85.6 cm³/mol. The lowest BCUT2D eigenvalue weighted by Crippen LogP contribution is -2.35. The third kappa shape index (κ3) is 2.77. The van der Waals surface area contributed by atoms with Crippen molar-refractivity contribution in [3.05, 3.63) is 28.2 Å². The molecule has 0 radical (unpaired) electrons. The number of rotatable bonds is 3. The molecular weight excluding hydrogens is 316 g/mol. The van der Waals surface area contributed by atoms with Crippen molar-refractivity contribution in [3.8, 4) is 0 Å². The maximum atomic E-state index is 11.5. The quantitative estimate of drug-likeness (QED) is 0.791. The monoisotopic (exact) mass is 336 g/mol. The van der Waals surface area contributed by atoms with E-state index in [1.54, 1.807) is 6.92 Å². The van der Waals surface area contributed by atoms with E-state index in [2.05, 4.69) is 37.9 Å². The Morgan fingerprint density at radius 1 is 1.25 bits per heavy atom. The summed E-state index contributed by atoms with van der Waals surface area (Å²) in [5.74, 6) is 0.111. The largest absolute Gasteiger partial charge is 0.370 e. The number of nitrogens with zero attached hydrogens (tertiary/aromatic N) is 2. The number of benzene rings is 1. The number of Topliss-reactive ketones (excluding diaryl/α,β-unsaturated/α-hetero) is 1. The molecule has 0 spiro atoms. The number of likely N-dealkylation sites (tertiary alicyclic amines) is 1. The molecule has 1 aromatic carbocycles. The second kappa shape index (κ2) is 5.86. The molecule has 20 heavy (non-hydrogen) atoms. The molecule has 2 aliphatic rings. The van der Waals surface area contributed by atoms with Gasteiger partial charge in [-0.25, -0.2) is 0 Å². The van der Waals surface area contributed by atoms with Gasteiger partial charge in [-0.15, -0.1) is 0 Å². The van der Waals surface area contributed by atoms with Crippen molar-refractivity contribution in [2.45, 2.75) is 32.2 Å². The van der Waals surface area contributed by atoms with Crippen molar-refractivity contribution in [2.24, 2.45) is 0 Å². The Kier molecular flexibility index (Phi) is 4.13. The smallest absolute Gasteiger partial charge is 0.160 e. The van der Waals surface area contributed by atoms with Crippen LogP contribution in [0.2, 0.25) is 0 Å². The minimum atomic E-state index is 0.111. The van der Waals surface area contributed by atoms with Crippen molar-refractivity contribution in [1.82, 2.24) is 4.90 Å². The van der Waals surface area contributed by atoms with Crippen LogP contribution in [-0.2, 0) is 0 Å². The Morgan fingerprint density at radius 3 is 2.65 bits per heavy atom. The van der Waals surface area contributed by atoms with Gasteiger partial charge in [0.25, 0.3) is 0 Å². The van der Waals surface area contributed by atoms with Crippen LogP contribution in [0, 0.1) is 0 Å². The molecule has 0 aliphatic carbocycles. The summed E-state index contributed by atoms with van der Waals surface area (Å²) in [4.78, 5) is 16.6. The Labute approximate surface area is 129 Å². The Bertz CT molecular complexity index is 511. The molecule has 0 amide bonds. The fourth-order valence-corrected chi connectivity index (χ4v) is 4.01. The molecule has 2 heterocycles. The summed E-state index contributed by atoms with van der Waals surface area (Å²) in [7, 11) is 0. The van der Waals surface area contributed by atoms with E-state index in [4.69, 9.17) is 0 Å². The molecular formula is C16H21BrN2O. The highest BCUT2D eigenvalue weighted by atomic mass is 79.9. The fraction of sp³-hybridized carbons (Fsp3) is 0.562. The summed E-state index contributed by atoms with van der Waals surface area (Å²) in [6.07, 6.45) is 3.97. The first kappa shape index (κ1) is 14.1. The number of ketones is 1. The zero-order chi connectivity index (χ0) is 14.1. The van der Waals surface area contributed by atoms with E-state index < -0.39 is 0 Å². The van der Waals surface area contributed by atoms with Gasteiger partial charge in [0.1, 0.15) is 0 Å². The van der Waals surface area contributed by atoms with E-state index in [0.717, 1.165) is 23.1 Å². The highest BCUT2D eigenvalue weighted by molar-refractivity contribution is 9.10. The predicted octanol–water partition coefficient (Wildman–Crippen LogP) is 3.33. The zero-order valence-corrected chi connectivity index (χ0v) is 13.5. The summed E-state index contributed by atoms with van der Waals surface area (Å²) >= 11 is 3.52. The number of anilines is 1. The number of carbonyl (C=O) groups excluding carboxylic acids is 1. The summed E-state index contributed by atoms with van der Waals surface area (Å²) in [5.41, 5.74) is 1.99. The maximum absolute atomic E-state index is 11.5. The SMILES string of the molecule is CC(=O)c1ccc(N2CCC(N3CCCC3)C2)cc1Br. The first-order chi connectivity index (χ1) is 9.65. The minimum Gasteiger partial charge on any atom is -0.370 e. The number of hydrogen-bond donors (Lipinski definition) is 0. The molecule has 0 saturated carbocycles. The van der Waals surface area contributed by atoms with Crippen LogP contribution in [0.15, 0.2) is 22.7 Å². The Morgan fingerprint density at radius 2 is 2.00 bits per heavy atom. The molecule has 1 aromatic rings. The first-order valence-corrected chi connectivity index (χ1v) is 8.24. The van der Waals surface area contributed by atoms with E-state index in [1.165, 1.54) is 38.0 Å². The molecule has 2 aliphatic heterocycles. The van der Waals surface area contributed by atoms with Crippen molar-refractivity contribution < 1.29 is 4.79 Å². The molecule has 2 saturated heterocycles. The topological polar surface area (TPSA) is 23.6 Å². The first-order valence-electron chi connectivity index (χ1n) is 7.44. The van der Waals surface area contributed by atoms with Crippen LogP contribution in [-0.4, -0.2) is 42.9 Å². The summed E-state index contributed by atoms with van der Waals surface area (Å²) in [5, 5.41) is 0. The molecule has 1 atom stereocenters. The highest BCUT2D eigenvalue weighted by Gasteiger charge is 2.29. The molecule has 3 rings (SSSR count). The maximum Gasteiger partial charge on any atom is 0.160 e. The van der Waals surface area contributed by atoms with E-state index in [1.807, 2.05) is 6.07 Å². The molecule has 3 nitrogen and oxygen atoms in total. The average molecular weight is 337 g/mol. The third-order valence-electron chi connectivity index (χ3n) is 4.52. The minimum absolute atomic E-state index is 0.111.